The molecule has 0 aromatic heterocycles. The molecule has 0 fully saturated rings. The minimum Gasteiger partial charge on any atom is -0.489 e. The summed E-state index contributed by atoms with van der Waals surface area (Å²) in [5.74, 6) is -0.595. The van der Waals surface area contributed by atoms with Crippen molar-refractivity contribution in [1.29, 1.82) is 0 Å². The van der Waals surface area contributed by atoms with E-state index in [1.54, 1.807) is 37.3 Å². The van der Waals surface area contributed by atoms with Crippen molar-refractivity contribution in [1.82, 2.24) is 4.90 Å². The zero-order chi connectivity index (χ0) is 17.3. The van der Waals surface area contributed by atoms with Crippen LogP contribution in [0.2, 0.25) is 0 Å². The number of carbonyl (C=O) groups is 2. The summed E-state index contributed by atoms with van der Waals surface area (Å²) < 4.78 is 18.8. The fourth-order valence-corrected chi connectivity index (χ4v) is 2.65. The van der Waals surface area contributed by atoms with Crippen LogP contribution < -0.4 is 10.5 Å². The third-order valence-electron chi connectivity index (χ3n) is 4.09. The number of fused-ring (bicyclic) bond motifs is 1. The third-order valence-corrected chi connectivity index (χ3v) is 4.09. The number of rotatable bonds is 5. The van der Waals surface area contributed by atoms with Crippen LogP contribution in [-0.4, -0.2) is 22.8 Å². The summed E-state index contributed by atoms with van der Waals surface area (Å²) in [6.45, 7) is 2.15. The highest BCUT2D eigenvalue weighted by Gasteiger charge is 2.33. The minimum absolute atomic E-state index is 0.201. The Bertz CT molecular complexity index is 807. The van der Waals surface area contributed by atoms with Crippen LogP contribution in [0, 0.1) is 5.82 Å². The molecule has 0 spiro atoms. The Morgan fingerprint density at radius 1 is 1.33 bits per heavy atom. The Hall–Kier alpha value is -2.89. The molecule has 0 saturated carbocycles. The average molecular weight is 328 g/mol. The third kappa shape index (κ3) is 3.08. The number of nitrogens with two attached hydrogens (primary N) is 1. The van der Waals surface area contributed by atoms with Gasteiger partial charge in [0.2, 0.25) is 5.91 Å². The Labute approximate surface area is 138 Å². The molecule has 2 aromatic rings. The maximum atomic E-state index is 13.2. The van der Waals surface area contributed by atoms with Crippen molar-refractivity contribution < 1.29 is 18.7 Å². The summed E-state index contributed by atoms with van der Waals surface area (Å²) in [5.41, 5.74) is 7.30. The first kappa shape index (κ1) is 16.0. The summed E-state index contributed by atoms with van der Waals surface area (Å²) >= 11 is 0. The lowest BCUT2D eigenvalue weighted by Gasteiger charge is -2.20. The summed E-state index contributed by atoms with van der Waals surface area (Å²) in [6, 6.07) is 10.7. The van der Waals surface area contributed by atoms with Gasteiger partial charge in [-0.1, -0.05) is 18.2 Å². The molecule has 6 heteroatoms. The number of ether oxygens (including phenoxy) is 1. The molecule has 0 radical (unpaired) electrons. The zero-order valence-corrected chi connectivity index (χ0v) is 13.2. The van der Waals surface area contributed by atoms with E-state index >= 15 is 0 Å². The molecular weight excluding hydrogens is 311 g/mol. The smallest absolute Gasteiger partial charge is 0.255 e. The molecule has 0 bridgehead atoms. The maximum Gasteiger partial charge on any atom is 0.255 e. The van der Waals surface area contributed by atoms with Gasteiger partial charge >= 0.3 is 0 Å². The van der Waals surface area contributed by atoms with Gasteiger partial charge in [0.15, 0.2) is 0 Å². The van der Waals surface area contributed by atoms with E-state index in [1.807, 2.05) is 0 Å². The van der Waals surface area contributed by atoms with Crippen LogP contribution >= 0.6 is 0 Å². The lowest BCUT2D eigenvalue weighted by molar-refractivity contribution is -0.122. The van der Waals surface area contributed by atoms with Gasteiger partial charge in [-0.05, 0) is 42.3 Å². The fourth-order valence-electron chi connectivity index (χ4n) is 2.65. The van der Waals surface area contributed by atoms with E-state index in [4.69, 9.17) is 10.5 Å². The standard InChI is InChI=1S/C18H17FN2O3/c1-11(17(20)22)21-9-13-5-6-15(8-16(13)18(21)23)24-10-12-3-2-4-14(19)7-12/h2-8,11H,9-10H2,1H3,(H2,20,22)/t11-/m1/s1. The lowest BCUT2D eigenvalue weighted by Crippen LogP contribution is -2.42. The van der Waals surface area contributed by atoms with E-state index in [0.29, 0.717) is 23.4 Å². The monoisotopic (exact) mass is 328 g/mol. The highest BCUT2D eigenvalue weighted by molar-refractivity contribution is 6.01. The van der Waals surface area contributed by atoms with Gasteiger partial charge in [-0.25, -0.2) is 4.39 Å². The van der Waals surface area contributed by atoms with Crippen molar-refractivity contribution in [3.05, 3.63) is 65.0 Å². The van der Waals surface area contributed by atoms with Crippen LogP contribution in [0.25, 0.3) is 0 Å². The van der Waals surface area contributed by atoms with E-state index < -0.39 is 11.9 Å². The highest BCUT2D eigenvalue weighted by Crippen LogP contribution is 2.28. The van der Waals surface area contributed by atoms with Gasteiger partial charge < -0.3 is 15.4 Å². The number of halogens is 1. The van der Waals surface area contributed by atoms with Crippen molar-refractivity contribution in [3.63, 3.8) is 0 Å². The molecule has 1 heterocycles. The normalized spacial score (nSPS) is 14.4. The Morgan fingerprint density at radius 2 is 2.12 bits per heavy atom. The molecule has 1 aliphatic heterocycles. The second-order valence-electron chi connectivity index (χ2n) is 5.75. The van der Waals surface area contributed by atoms with E-state index in [1.165, 1.54) is 17.0 Å². The number of hydrogen-bond donors (Lipinski definition) is 1. The van der Waals surface area contributed by atoms with Gasteiger partial charge in [0.05, 0.1) is 0 Å². The lowest BCUT2D eigenvalue weighted by atomic mass is 10.1. The van der Waals surface area contributed by atoms with Gasteiger partial charge in [-0.15, -0.1) is 0 Å². The number of nitrogens with zero attached hydrogens (tertiary/aromatic N) is 1. The van der Waals surface area contributed by atoms with Gasteiger partial charge in [0.1, 0.15) is 24.2 Å². The second-order valence-corrected chi connectivity index (χ2v) is 5.75. The van der Waals surface area contributed by atoms with Crippen LogP contribution in [0.4, 0.5) is 4.39 Å². The molecule has 3 rings (SSSR count). The first-order valence-corrected chi connectivity index (χ1v) is 7.56. The van der Waals surface area contributed by atoms with Crippen LogP contribution in [0.15, 0.2) is 42.5 Å². The van der Waals surface area contributed by atoms with Crippen molar-refractivity contribution >= 4 is 11.8 Å². The average Bonchev–Trinajstić information content (AvgIpc) is 2.89. The zero-order valence-electron chi connectivity index (χ0n) is 13.2. The SMILES string of the molecule is C[C@H](C(N)=O)N1Cc2ccc(OCc3cccc(F)c3)cc2C1=O. The predicted octanol–water partition coefficient (Wildman–Crippen LogP) is 2.23. The second kappa shape index (κ2) is 6.31. The number of carbonyl (C=O) groups excluding carboxylic acids is 2. The number of amides is 2. The van der Waals surface area contributed by atoms with E-state index in [-0.39, 0.29) is 18.3 Å². The van der Waals surface area contributed by atoms with Crippen LogP contribution in [0.3, 0.4) is 0 Å². The largest absolute Gasteiger partial charge is 0.489 e. The van der Waals surface area contributed by atoms with E-state index in [9.17, 15) is 14.0 Å². The quantitative estimate of drug-likeness (QED) is 0.915. The van der Waals surface area contributed by atoms with Gasteiger partial charge in [0, 0.05) is 12.1 Å². The molecule has 24 heavy (non-hydrogen) atoms. The first-order valence-electron chi connectivity index (χ1n) is 7.56. The van der Waals surface area contributed by atoms with Crippen molar-refractivity contribution in [2.75, 3.05) is 0 Å². The Morgan fingerprint density at radius 3 is 2.83 bits per heavy atom. The molecule has 0 unspecified atom stereocenters. The highest BCUT2D eigenvalue weighted by atomic mass is 19.1. The first-order chi connectivity index (χ1) is 11.5. The summed E-state index contributed by atoms with van der Waals surface area (Å²) in [5, 5.41) is 0. The van der Waals surface area contributed by atoms with E-state index in [2.05, 4.69) is 0 Å². The van der Waals surface area contributed by atoms with Crippen LogP contribution in [-0.2, 0) is 17.9 Å². The van der Waals surface area contributed by atoms with Crippen molar-refractivity contribution in [2.45, 2.75) is 26.1 Å². The minimum atomic E-state index is -0.665. The molecule has 2 N–H and O–H groups in total. The number of primary amides is 1. The molecule has 0 saturated heterocycles. The van der Waals surface area contributed by atoms with E-state index in [0.717, 1.165) is 5.56 Å². The van der Waals surface area contributed by atoms with Gasteiger partial charge in [0.25, 0.3) is 5.91 Å². The number of hydrogen-bond acceptors (Lipinski definition) is 3. The Balaban J connectivity index is 1.74. The van der Waals surface area contributed by atoms with Crippen molar-refractivity contribution in [3.8, 4) is 5.75 Å². The number of benzene rings is 2. The molecule has 2 amide bonds. The molecular formula is C18H17FN2O3. The topological polar surface area (TPSA) is 72.6 Å². The van der Waals surface area contributed by atoms with Crippen LogP contribution in [0.5, 0.6) is 5.75 Å². The summed E-state index contributed by atoms with van der Waals surface area (Å²) in [6.07, 6.45) is 0. The fraction of sp³-hybridized carbons (Fsp3) is 0.222. The van der Waals surface area contributed by atoms with Gasteiger partial charge in [-0.2, -0.15) is 0 Å². The maximum absolute atomic E-state index is 13.2. The molecule has 1 atom stereocenters. The molecule has 124 valence electrons. The molecule has 0 aliphatic carbocycles. The van der Waals surface area contributed by atoms with Gasteiger partial charge in [-0.3, -0.25) is 9.59 Å². The summed E-state index contributed by atoms with van der Waals surface area (Å²) in [7, 11) is 0. The van der Waals surface area contributed by atoms with Crippen LogP contribution in [0.1, 0.15) is 28.4 Å². The molecule has 2 aromatic carbocycles. The summed E-state index contributed by atoms with van der Waals surface area (Å²) in [4.78, 5) is 25.2. The molecule has 5 nitrogen and oxygen atoms in total. The van der Waals surface area contributed by atoms with Crippen molar-refractivity contribution in [2.24, 2.45) is 5.73 Å². The molecule has 1 aliphatic rings. The predicted molar refractivity (Wildman–Crippen MR) is 85.7 cm³/mol. The Kier molecular flexibility index (Phi) is 4.20.